The van der Waals surface area contributed by atoms with E-state index in [-0.39, 0.29) is 11.9 Å². The van der Waals surface area contributed by atoms with Crippen LogP contribution in [-0.2, 0) is 0 Å². The molecule has 1 aromatic heterocycles. The standard InChI is InChI=1S/C13H20N4O/c1-10(9-14)16-13(18)11-5-4-6-15-12(11)17-7-2-3-8-17/h4-6,10H,2-3,7-9,14H2,1H3,(H,16,18)/t10-/m0/s1. The van der Waals surface area contributed by atoms with Crippen molar-refractivity contribution in [1.29, 1.82) is 0 Å². The van der Waals surface area contributed by atoms with Crippen LogP contribution in [0.25, 0.3) is 0 Å². The molecule has 1 saturated heterocycles. The lowest BCUT2D eigenvalue weighted by Gasteiger charge is -2.20. The first-order valence-corrected chi connectivity index (χ1v) is 6.43. The van der Waals surface area contributed by atoms with Crippen molar-refractivity contribution >= 4 is 11.7 Å². The molecule has 0 spiro atoms. The second kappa shape index (κ2) is 5.82. The highest BCUT2D eigenvalue weighted by atomic mass is 16.1. The third kappa shape index (κ3) is 2.79. The number of anilines is 1. The van der Waals surface area contributed by atoms with Gasteiger partial charge in [-0.15, -0.1) is 0 Å². The highest BCUT2D eigenvalue weighted by Gasteiger charge is 2.20. The van der Waals surface area contributed by atoms with Gasteiger partial charge in [0.2, 0.25) is 0 Å². The Labute approximate surface area is 107 Å². The zero-order valence-corrected chi connectivity index (χ0v) is 10.7. The van der Waals surface area contributed by atoms with Crippen molar-refractivity contribution in [3.05, 3.63) is 23.9 Å². The van der Waals surface area contributed by atoms with Crippen LogP contribution in [0.4, 0.5) is 5.82 Å². The van der Waals surface area contributed by atoms with Crippen LogP contribution in [0, 0.1) is 0 Å². The van der Waals surface area contributed by atoms with Crippen molar-refractivity contribution in [2.75, 3.05) is 24.5 Å². The number of nitrogens with two attached hydrogens (primary N) is 1. The highest BCUT2D eigenvalue weighted by Crippen LogP contribution is 2.21. The Balaban J connectivity index is 2.18. The first-order valence-electron chi connectivity index (χ1n) is 6.43. The Morgan fingerprint density at radius 3 is 2.94 bits per heavy atom. The van der Waals surface area contributed by atoms with Crippen molar-refractivity contribution < 1.29 is 4.79 Å². The van der Waals surface area contributed by atoms with Gasteiger partial charge in [0.25, 0.3) is 5.91 Å². The summed E-state index contributed by atoms with van der Waals surface area (Å²) in [6.45, 7) is 4.28. The fourth-order valence-corrected chi connectivity index (χ4v) is 2.12. The van der Waals surface area contributed by atoms with Gasteiger partial charge < -0.3 is 16.0 Å². The van der Waals surface area contributed by atoms with Crippen molar-refractivity contribution in [3.8, 4) is 0 Å². The fraction of sp³-hybridized carbons (Fsp3) is 0.538. The largest absolute Gasteiger partial charge is 0.356 e. The second-order valence-electron chi connectivity index (χ2n) is 4.68. The van der Waals surface area contributed by atoms with Gasteiger partial charge in [-0.2, -0.15) is 0 Å². The highest BCUT2D eigenvalue weighted by molar-refractivity contribution is 5.99. The lowest BCUT2D eigenvalue weighted by atomic mass is 10.2. The molecule has 0 bridgehead atoms. The number of hydrogen-bond donors (Lipinski definition) is 2. The number of nitrogens with zero attached hydrogens (tertiary/aromatic N) is 2. The number of rotatable bonds is 4. The molecule has 0 aliphatic carbocycles. The van der Waals surface area contributed by atoms with E-state index in [4.69, 9.17) is 5.73 Å². The molecule has 0 radical (unpaired) electrons. The number of amides is 1. The van der Waals surface area contributed by atoms with Gasteiger partial charge in [-0.05, 0) is 31.9 Å². The second-order valence-corrected chi connectivity index (χ2v) is 4.68. The van der Waals surface area contributed by atoms with Crippen molar-refractivity contribution in [3.63, 3.8) is 0 Å². The molecule has 2 rings (SSSR count). The predicted octanol–water partition coefficient (Wildman–Crippen LogP) is 0.759. The molecule has 5 nitrogen and oxygen atoms in total. The zero-order chi connectivity index (χ0) is 13.0. The number of hydrogen-bond acceptors (Lipinski definition) is 4. The Hall–Kier alpha value is -1.62. The Kier molecular flexibility index (Phi) is 4.15. The monoisotopic (exact) mass is 248 g/mol. The number of pyridine rings is 1. The molecule has 0 saturated carbocycles. The van der Waals surface area contributed by atoms with E-state index in [0.29, 0.717) is 12.1 Å². The smallest absolute Gasteiger partial charge is 0.255 e. The molecule has 98 valence electrons. The summed E-state index contributed by atoms with van der Waals surface area (Å²) in [6, 6.07) is 3.59. The van der Waals surface area contributed by atoms with Crippen molar-refractivity contribution in [2.24, 2.45) is 5.73 Å². The van der Waals surface area contributed by atoms with Gasteiger partial charge in [-0.25, -0.2) is 4.98 Å². The van der Waals surface area contributed by atoms with Gasteiger partial charge in [-0.3, -0.25) is 4.79 Å². The Morgan fingerprint density at radius 1 is 1.56 bits per heavy atom. The number of aromatic nitrogens is 1. The van der Waals surface area contributed by atoms with E-state index in [0.717, 1.165) is 31.7 Å². The summed E-state index contributed by atoms with van der Waals surface area (Å²) in [5.41, 5.74) is 6.16. The molecule has 18 heavy (non-hydrogen) atoms. The van der Waals surface area contributed by atoms with Gasteiger partial charge in [-0.1, -0.05) is 0 Å². The van der Waals surface area contributed by atoms with Crippen LogP contribution in [-0.4, -0.2) is 36.6 Å². The summed E-state index contributed by atoms with van der Waals surface area (Å²) in [4.78, 5) is 18.7. The zero-order valence-electron chi connectivity index (χ0n) is 10.7. The SMILES string of the molecule is C[C@@H](CN)NC(=O)c1cccnc1N1CCCC1. The maximum Gasteiger partial charge on any atom is 0.255 e. The molecule has 2 heterocycles. The van der Waals surface area contributed by atoms with Crippen LogP contribution < -0.4 is 16.0 Å². The molecule has 1 fully saturated rings. The van der Waals surface area contributed by atoms with Crippen LogP contribution >= 0.6 is 0 Å². The minimum absolute atomic E-state index is 0.0239. The Morgan fingerprint density at radius 2 is 2.28 bits per heavy atom. The van der Waals surface area contributed by atoms with Crippen LogP contribution in [0.15, 0.2) is 18.3 Å². The average Bonchev–Trinajstić information content (AvgIpc) is 2.92. The lowest BCUT2D eigenvalue weighted by molar-refractivity contribution is 0.0941. The molecular formula is C13H20N4O. The van der Waals surface area contributed by atoms with Gasteiger partial charge in [0.1, 0.15) is 5.82 Å². The maximum atomic E-state index is 12.2. The number of carbonyl (C=O) groups is 1. The predicted molar refractivity (Wildman–Crippen MR) is 71.7 cm³/mol. The van der Waals surface area contributed by atoms with E-state index >= 15 is 0 Å². The lowest BCUT2D eigenvalue weighted by Crippen LogP contribution is -2.38. The molecular weight excluding hydrogens is 228 g/mol. The van der Waals surface area contributed by atoms with Crippen LogP contribution in [0.3, 0.4) is 0 Å². The fourth-order valence-electron chi connectivity index (χ4n) is 2.12. The maximum absolute atomic E-state index is 12.2. The van der Waals surface area contributed by atoms with Crippen LogP contribution in [0.2, 0.25) is 0 Å². The van der Waals surface area contributed by atoms with Crippen molar-refractivity contribution in [1.82, 2.24) is 10.3 Å². The van der Waals surface area contributed by atoms with Crippen molar-refractivity contribution in [2.45, 2.75) is 25.8 Å². The third-order valence-electron chi connectivity index (χ3n) is 3.17. The summed E-state index contributed by atoms with van der Waals surface area (Å²) in [6.07, 6.45) is 4.06. The summed E-state index contributed by atoms with van der Waals surface area (Å²) in [7, 11) is 0. The first kappa shape index (κ1) is 12.8. The summed E-state index contributed by atoms with van der Waals surface area (Å²) >= 11 is 0. The normalized spacial score (nSPS) is 16.7. The van der Waals surface area contributed by atoms with E-state index in [9.17, 15) is 4.79 Å². The van der Waals surface area contributed by atoms with E-state index in [1.54, 1.807) is 12.3 Å². The van der Waals surface area contributed by atoms with Crippen LogP contribution in [0.5, 0.6) is 0 Å². The molecule has 1 atom stereocenters. The molecule has 0 aromatic carbocycles. The minimum Gasteiger partial charge on any atom is -0.356 e. The quantitative estimate of drug-likeness (QED) is 0.825. The molecule has 1 amide bonds. The summed E-state index contributed by atoms with van der Waals surface area (Å²) < 4.78 is 0. The number of carbonyl (C=O) groups excluding carboxylic acids is 1. The van der Waals surface area contributed by atoms with E-state index in [1.165, 1.54) is 0 Å². The van der Waals surface area contributed by atoms with E-state index in [2.05, 4.69) is 15.2 Å². The number of nitrogens with one attached hydrogen (secondary N) is 1. The molecule has 3 N–H and O–H groups in total. The molecule has 1 aromatic rings. The van der Waals surface area contributed by atoms with Gasteiger partial charge in [0.15, 0.2) is 0 Å². The minimum atomic E-state index is -0.0945. The summed E-state index contributed by atoms with van der Waals surface area (Å²) in [5, 5.41) is 2.88. The average molecular weight is 248 g/mol. The molecule has 0 unspecified atom stereocenters. The van der Waals surface area contributed by atoms with Gasteiger partial charge >= 0.3 is 0 Å². The molecule has 1 aliphatic rings. The topological polar surface area (TPSA) is 71.2 Å². The Bertz CT molecular complexity index is 415. The van der Waals surface area contributed by atoms with E-state index < -0.39 is 0 Å². The van der Waals surface area contributed by atoms with Gasteiger partial charge in [0.05, 0.1) is 5.56 Å². The van der Waals surface area contributed by atoms with Gasteiger partial charge in [0, 0.05) is 31.9 Å². The van der Waals surface area contributed by atoms with Crippen LogP contribution in [0.1, 0.15) is 30.1 Å². The molecule has 5 heteroatoms. The summed E-state index contributed by atoms with van der Waals surface area (Å²) in [5.74, 6) is 0.694. The first-order chi connectivity index (χ1) is 8.72. The van der Waals surface area contributed by atoms with E-state index in [1.807, 2.05) is 13.0 Å². The third-order valence-corrected chi connectivity index (χ3v) is 3.17. The molecule has 1 aliphatic heterocycles.